The quantitative estimate of drug-likeness (QED) is 0.398. The van der Waals surface area contributed by atoms with Gasteiger partial charge in [-0.3, -0.25) is 0 Å². The van der Waals surface area contributed by atoms with Crippen molar-refractivity contribution in [3.8, 4) is 5.75 Å². The lowest BCUT2D eigenvalue weighted by Crippen LogP contribution is -2.49. The van der Waals surface area contributed by atoms with Crippen LogP contribution in [0.5, 0.6) is 5.75 Å². The number of rotatable bonds is 7. The van der Waals surface area contributed by atoms with Crippen molar-refractivity contribution in [1.29, 1.82) is 0 Å². The van der Waals surface area contributed by atoms with E-state index in [1.54, 1.807) is 14.2 Å². The molecule has 0 bridgehead atoms. The van der Waals surface area contributed by atoms with E-state index in [0.717, 1.165) is 30.0 Å². The Labute approximate surface area is 180 Å². The Morgan fingerprint density at radius 1 is 1.23 bits per heavy atom. The van der Waals surface area contributed by atoms with E-state index in [-0.39, 0.29) is 23.6 Å². The summed E-state index contributed by atoms with van der Waals surface area (Å²) in [6, 6.07) is 7.98. The summed E-state index contributed by atoms with van der Waals surface area (Å²) in [5.74, 6) is -1.31. The molecule has 0 heterocycles. The maximum absolute atomic E-state index is 14.1. The first kappa shape index (κ1) is 22.3. The molecular formula is C22H25ClFNO5. The van der Waals surface area contributed by atoms with Gasteiger partial charge in [-0.05, 0) is 48.6 Å². The molecule has 162 valence electrons. The number of carbonyl (C=O) groups is 1. The first-order valence-electron chi connectivity index (χ1n) is 9.51. The van der Waals surface area contributed by atoms with E-state index >= 15 is 0 Å². The van der Waals surface area contributed by atoms with Crippen LogP contribution in [-0.4, -0.2) is 40.2 Å². The van der Waals surface area contributed by atoms with E-state index in [4.69, 9.17) is 36.3 Å². The SMILES string of the molecule is COC(=O)c1cc(N)c(F)cc1OCC1(C(OC)OC)CCCc2cc(Cl)ccc21. The molecule has 8 heteroatoms. The third-order valence-corrected chi connectivity index (χ3v) is 5.78. The number of hydrogen-bond donors (Lipinski definition) is 1. The number of anilines is 1. The van der Waals surface area contributed by atoms with Gasteiger partial charge in [-0.15, -0.1) is 0 Å². The highest BCUT2D eigenvalue weighted by atomic mass is 35.5. The third-order valence-electron chi connectivity index (χ3n) is 5.54. The summed E-state index contributed by atoms with van der Waals surface area (Å²) < 4.78 is 36.2. The van der Waals surface area contributed by atoms with Crippen molar-refractivity contribution in [2.45, 2.75) is 31.0 Å². The van der Waals surface area contributed by atoms with E-state index in [2.05, 4.69) is 0 Å². The molecule has 3 rings (SSSR count). The van der Waals surface area contributed by atoms with Gasteiger partial charge in [0.05, 0.1) is 18.2 Å². The molecule has 1 atom stereocenters. The van der Waals surface area contributed by atoms with Gasteiger partial charge in [0.15, 0.2) is 6.29 Å². The van der Waals surface area contributed by atoms with Crippen LogP contribution < -0.4 is 10.5 Å². The number of nitrogen functional groups attached to an aromatic ring is 1. The predicted molar refractivity (Wildman–Crippen MR) is 112 cm³/mol. The first-order chi connectivity index (χ1) is 14.4. The van der Waals surface area contributed by atoms with Crippen LogP contribution in [-0.2, 0) is 26.0 Å². The Bertz CT molecular complexity index is 934. The zero-order valence-electron chi connectivity index (χ0n) is 17.2. The van der Waals surface area contributed by atoms with Crippen LogP contribution >= 0.6 is 11.6 Å². The molecule has 0 aliphatic heterocycles. The molecule has 0 radical (unpaired) electrons. The van der Waals surface area contributed by atoms with Gasteiger partial charge in [0, 0.05) is 25.3 Å². The van der Waals surface area contributed by atoms with Crippen molar-refractivity contribution in [2.75, 3.05) is 33.7 Å². The normalized spacial score (nSPS) is 18.2. The summed E-state index contributed by atoms with van der Waals surface area (Å²) in [5.41, 5.74) is 6.88. The maximum Gasteiger partial charge on any atom is 0.341 e. The number of esters is 1. The Morgan fingerprint density at radius 2 is 1.97 bits per heavy atom. The van der Waals surface area contributed by atoms with Crippen LogP contribution in [0.15, 0.2) is 30.3 Å². The van der Waals surface area contributed by atoms with Crippen LogP contribution in [0, 0.1) is 5.82 Å². The Hall–Kier alpha value is -2.35. The molecule has 0 saturated heterocycles. The van der Waals surface area contributed by atoms with Crippen LogP contribution in [0.3, 0.4) is 0 Å². The maximum atomic E-state index is 14.1. The Kier molecular flexibility index (Phi) is 6.85. The van der Waals surface area contributed by atoms with E-state index in [1.165, 1.54) is 13.2 Å². The summed E-state index contributed by atoms with van der Waals surface area (Å²) in [5, 5.41) is 0.644. The molecule has 1 aliphatic carbocycles. The van der Waals surface area contributed by atoms with E-state index in [1.807, 2.05) is 18.2 Å². The monoisotopic (exact) mass is 437 g/mol. The largest absolute Gasteiger partial charge is 0.491 e. The lowest BCUT2D eigenvalue weighted by atomic mass is 9.69. The van der Waals surface area contributed by atoms with Gasteiger partial charge >= 0.3 is 5.97 Å². The molecule has 0 saturated carbocycles. The summed E-state index contributed by atoms with van der Waals surface area (Å²) >= 11 is 6.20. The molecule has 30 heavy (non-hydrogen) atoms. The summed E-state index contributed by atoms with van der Waals surface area (Å²) in [6.07, 6.45) is 1.80. The number of hydrogen-bond acceptors (Lipinski definition) is 6. The zero-order chi connectivity index (χ0) is 21.9. The lowest BCUT2D eigenvalue weighted by molar-refractivity contribution is -0.162. The van der Waals surface area contributed by atoms with Crippen molar-refractivity contribution >= 4 is 23.3 Å². The number of halogens is 2. The Morgan fingerprint density at radius 3 is 2.63 bits per heavy atom. The molecule has 1 unspecified atom stereocenters. The second kappa shape index (κ2) is 9.20. The highest BCUT2D eigenvalue weighted by Gasteiger charge is 2.45. The summed E-state index contributed by atoms with van der Waals surface area (Å²) in [4.78, 5) is 12.2. The number of fused-ring (bicyclic) bond motifs is 1. The summed E-state index contributed by atoms with van der Waals surface area (Å²) in [6.45, 7) is 0.0847. The van der Waals surface area contributed by atoms with Crippen LogP contribution in [0.1, 0.15) is 34.3 Å². The Balaban J connectivity index is 2.04. The molecule has 6 nitrogen and oxygen atoms in total. The second-order valence-corrected chi connectivity index (χ2v) is 7.70. The molecule has 2 aromatic carbocycles. The van der Waals surface area contributed by atoms with Gasteiger partial charge in [-0.2, -0.15) is 0 Å². The predicted octanol–water partition coefficient (Wildman–Crippen LogP) is 4.12. The van der Waals surface area contributed by atoms with E-state index < -0.39 is 23.5 Å². The van der Waals surface area contributed by atoms with Gasteiger partial charge in [0.1, 0.15) is 23.7 Å². The molecule has 0 amide bonds. The highest BCUT2D eigenvalue weighted by molar-refractivity contribution is 6.30. The molecule has 2 aromatic rings. The average Bonchev–Trinajstić information content (AvgIpc) is 2.74. The second-order valence-electron chi connectivity index (χ2n) is 7.26. The first-order valence-corrected chi connectivity index (χ1v) is 9.88. The van der Waals surface area contributed by atoms with E-state index in [9.17, 15) is 9.18 Å². The van der Waals surface area contributed by atoms with Gasteiger partial charge in [0.2, 0.25) is 0 Å². The van der Waals surface area contributed by atoms with Gasteiger partial charge in [-0.25, -0.2) is 9.18 Å². The van der Waals surface area contributed by atoms with E-state index in [0.29, 0.717) is 11.4 Å². The topological polar surface area (TPSA) is 80.0 Å². The number of carbonyl (C=O) groups excluding carboxylic acids is 1. The number of nitrogens with two attached hydrogens (primary N) is 1. The van der Waals surface area contributed by atoms with Crippen LogP contribution in [0.25, 0.3) is 0 Å². The van der Waals surface area contributed by atoms with Crippen molar-refractivity contribution in [3.05, 3.63) is 57.9 Å². The van der Waals surface area contributed by atoms with Crippen LogP contribution in [0.4, 0.5) is 10.1 Å². The fourth-order valence-electron chi connectivity index (χ4n) is 4.16. The number of methoxy groups -OCH3 is 3. The average molecular weight is 438 g/mol. The van der Waals surface area contributed by atoms with Crippen LogP contribution in [0.2, 0.25) is 5.02 Å². The lowest BCUT2D eigenvalue weighted by Gasteiger charge is -2.43. The van der Waals surface area contributed by atoms with Crippen molar-refractivity contribution in [2.24, 2.45) is 0 Å². The minimum atomic E-state index is -0.688. The molecule has 1 aliphatic rings. The minimum Gasteiger partial charge on any atom is -0.491 e. The fraction of sp³-hybridized carbons (Fsp3) is 0.409. The third kappa shape index (κ3) is 4.10. The van der Waals surface area contributed by atoms with Crippen molar-refractivity contribution < 1.29 is 28.1 Å². The number of benzene rings is 2. The number of aryl methyl sites for hydroxylation is 1. The van der Waals surface area contributed by atoms with Gasteiger partial charge < -0.3 is 24.7 Å². The van der Waals surface area contributed by atoms with Crippen molar-refractivity contribution in [3.63, 3.8) is 0 Å². The smallest absolute Gasteiger partial charge is 0.341 e. The standard InChI is InChI=1S/C22H25ClFNO5/c1-27-20(26)15-10-18(25)17(24)11-19(15)30-12-22(21(28-2)29-3)8-4-5-13-9-14(23)6-7-16(13)22/h6-7,9-11,21H,4-5,8,12,25H2,1-3H3. The van der Waals surface area contributed by atoms with Gasteiger partial charge in [0.25, 0.3) is 0 Å². The minimum absolute atomic E-state index is 0.0416. The molecular weight excluding hydrogens is 413 g/mol. The molecule has 0 fully saturated rings. The highest BCUT2D eigenvalue weighted by Crippen LogP contribution is 2.43. The molecule has 0 aromatic heterocycles. The molecule has 0 spiro atoms. The summed E-state index contributed by atoms with van der Waals surface area (Å²) in [7, 11) is 4.35. The van der Waals surface area contributed by atoms with Crippen molar-refractivity contribution in [1.82, 2.24) is 0 Å². The number of ether oxygens (including phenoxy) is 4. The fourth-order valence-corrected chi connectivity index (χ4v) is 4.36. The molecule has 2 N–H and O–H groups in total. The van der Waals surface area contributed by atoms with Gasteiger partial charge in [-0.1, -0.05) is 17.7 Å². The zero-order valence-corrected chi connectivity index (χ0v) is 17.9.